The van der Waals surface area contributed by atoms with Crippen LogP contribution in [0.4, 0.5) is 4.39 Å². The summed E-state index contributed by atoms with van der Waals surface area (Å²) in [6.45, 7) is 0. The van der Waals surface area contributed by atoms with Gasteiger partial charge in [0.1, 0.15) is 5.82 Å². The zero-order valence-electron chi connectivity index (χ0n) is 7.11. The van der Waals surface area contributed by atoms with Crippen LogP contribution in [-0.4, -0.2) is 16.9 Å². The van der Waals surface area contributed by atoms with Gasteiger partial charge in [0.2, 0.25) is 0 Å². The van der Waals surface area contributed by atoms with Crippen molar-refractivity contribution in [1.29, 1.82) is 0 Å². The number of carbonyl (C=O) groups excluding carboxylic acids is 1. The second kappa shape index (κ2) is 4.32. The van der Waals surface area contributed by atoms with Crippen LogP contribution in [0.5, 0.6) is 0 Å². The minimum absolute atomic E-state index is 0.254. The summed E-state index contributed by atoms with van der Waals surface area (Å²) in [5.74, 6) is -2.10. The molecule has 0 aliphatic carbocycles. The Morgan fingerprint density at radius 2 is 1.71 bits per heavy atom. The van der Waals surface area contributed by atoms with E-state index >= 15 is 0 Å². The number of ketones is 1. The SMILES string of the molecule is O=C(O)C=CC(=O)c1ccc(F)cc1. The van der Waals surface area contributed by atoms with Crippen LogP contribution in [0.1, 0.15) is 10.4 Å². The average Bonchev–Trinajstić information content (AvgIpc) is 2.15. The molecule has 1 aromatic rings. The zero-order chi connectivity index (χ0) is 10.6. The molecule has 0 heterocycles. The number of hydrogen-bond donors (Lipinski definition) is 1. The number of aliphatic carboxylic acids is 1. The molecule has 0 aliphatic rings. The number of rotatable bonds is 3. The van der Waals surface area contributed by atoms with Crippen LogP contribution >= 0.6 is 0 Å². The van der Waals surface area contributed by atoms with Crippen molar-refractivity contribution in [3.63, 3.8) is 0 Å². The predicted molar refractivity (Wildman–Crippen MR) is 47.5 cm³/mol. The summed E-state index contributed by atoms with van der Waals surface area (Å²) >= 11 is 0. The maximum absolute atomic E-state index is 12.4. The van der Waals surface area contributed by atoms with Crippen molar-refractivity contribution in [3.8, 4) is 0 Å². The molecule has 4 heteroatoms. The Hall–Kier alpha value is -1.97. The van der Waals surface area contributed by atoms with Crippen molar-refractivity contribution in [2.24, 2.45) is 0 Å². The fourth-order valence-corrected chi connectivity index (χ4v) is 0.857. The first-order valence-electron chi connectivity index (χ1n) is 3.80. The molecule has 0 aliphatic heterocycles. The normalized spacial score (nSPS) is 10.4. The summed E-state index contributed by atoms with van der Waals surface area (Å²) in [6.07, 6.45) is 1.67. The van der Waals surface area contributed by atoms with Gasteiger partial charge in [-0.1, -0.05) is 0 Å². The lowest BCUT2D eigenvalue weighted by molar-refractivity contribution is -0.131. The predicted octanol–water partition coefficient (Wildman–Crippen LogP) is 1.65. The third-order valence-electron chi connectivity index (χ3n) is 1.51. The number of carboxylic acid groups (broad SMARTS) is 1. The van der Waals surface area contributed by atoms with Gasteiger partial charge in [0, 0.05) is 11.6 Å². The molecule has 1 rings (SSSR count). The molecule has 1 N–H and O–H groups in total. The van der Waals surface area contributed by atoms with Crippen molar-refractivity contribution >= 4 is 11.8 Å². The number of carbonyl (C=O) groups is 2. The van der Waals surface area contributed by atoms with Gasteiger partial charge in [0.05, 0.1) is 0 Å². The van der Waals surface area contributed by atoms with E-state index in [1.807, 2.05) is 0 Å². The van der Waals surface area contributed by atoms with Gasteiger partial charge in [0.25, 0.3) is 0 Å². The fraction of sp³-hybridized carbons (Fsp3) is 0. The Balaban J connectivity index is 2.80. The highest BCUT2D eigenvalue weighted by atomic mass is 19.1. The molecule has 0 unspecified atom stereocenters. The average molecular weight is 194 g/mol. The summed E-state index contributed by atoms with van der Waals surface area (Å²) < 4.78 is 12.4. The summed E-state index contributed by atoms with van der Waals surface area (Å²) in [7, 11) is 0. The second-order valence-electron chi connectivity index (χ2n) is 2.54. The first-order valence-corrected chi connectivity index (χ1v) is 3.80. The van der Waals surface area contributed by atoms with Gasteiger partial charge in [-0.25, -0.2) is 9.18 Å². The molecule has 0 bridgehead atoms. The van der Waals surface area contributed by atoms with Gasteiger partial charge in [-0.15, -0.1) is 0 Å². The molecule has 72 valence electrons. The van der Waals surface area contributed by atoms with E-state index in [-0.39, 0.29) is 5.56 Å². The van der Waals surface area contributed by atoms with E-state index in [1.165, 1.54) is 12.1 Å². The van der Waals surface area contributed by atoms with Crippen molar-refractivity contribution in [1.82, 2.24) is 0 Å². The molecular formula is C10H7FO3. The van der Waals surface area contributed by atoms with Crippen LogP contribution in [0.2, 0.25) is 0 Å². The first kappa shape index (κ1) is 10.1. The lowest BCUT2D eigenvalue weighted by Crippen LogP contribution is -1.96. The van der Waals surface area contributed by atoms with Crippen molar-refractivity contribution in [2.45, 2.75) is 0 Å². The van der Waals surface area contributed by atoms with Gasteiger partial charge in [-0.3, -0.25) is 4.79 Å². The monoisotopic (exact) mass is 194 g/mol. The van der Waals surface area contributed by atoms with Crippen LogP contribution < -0.4 is 0 Å². The largest absolute Gasteiger partial charge is 0.478 e. The lowest BCUT2D eigenvalue weighted by Gasteiger charge is -1.93. The van der Waals surface area contributed by atoms with Crippen LogP contribution in [0.15, 0.2) is 36.4 Å². The van der Waals surface area contributed by atoms with Crippen molar-refractivity contribution in [3.05, 3.63) is 47.8 Å². The quantitative estimate of drug-likeness (QED) is 0.588. The Bertz CT molecular complexity index is 379. The number of carboxylic acids is 1. The van der Waals surface area contributed by atoms with E-state index in [4.69, 9.17) is 5.11 Å². The molecule has 0 aromatic heterocycles. The van der Waals surface area contributed by atoms with Crippen molar-refractivity contribution < 1.29 is 19.1 Å². The fourth-order valence-electron chi connectivity index (χ4n) is 0.857. The van der Waals surface area contributed by atoms with Crippen LogP contribution in [0, 0.1) is 5.82 Å². The first-order chi connectivity index (χ1) is 6.59. The molecule has 14 heavy (non-hydrogen) atoms. The minimum Gasteiger partial charge on any atom is -0.478 e. The van der Waals surface area contributed by atoms with E-state index in [0.29, 0.717) is 0 Å². The topological polar surface area (TPSA) is 54.4 Å². The third kappa shape index (κ3) is 2.82. The van der Waals surface area contributed by atoms with Crippen molar-refractivity contribution in [2.75, 3.05) is 0 Å². The molecule has 0 saturated carbocycles. The maximum Gasteiger partial charge on any atom is 0.328 e. The second-order valence-corrected chi connectivity index (χ2v) is 2.54. The highest BCUT2D eigenvalue weighted by Gasteiger charge is 2.01. The van der Waals surface area contributed by atoms with Gasteiger partial charge < -0.3 is 5.11 Å². The van der Waals surface area contributed by atoms with Gasteiger partial charge in [-0.2, -0.15) is 0 Å². The van der Waals surface area contributed by atoms with Gasteiger partial charge in [0.15, 0.2) is 5.78 Å². The van der Waals surface area contributed by atoms with Crippen LogP contribution in [0.25, 0.3) is 0 Å². The molecule has 0 saturated heterocycles. The molecule has 3 nitrogen and oxygen atoms in total. The van der Waals surface area contributed by atoms with E-state index < -0.39 is 17.6 Å². The Labute approximate surface area is 79.5 Å². The number of allylic oxidation sites excluding steroid dienone is 1. The van der Waals surface area contributed by atoms with E-state index in [9.17, 15) is 14.0 Å². The minimum atomic E-state index is -1.19. The van der Waals surface area contributed by atoms with E-state index in [0.717, 1.165) is 24.3 Å². The Kier molecular flexibility index (Phi) is 3.12. The van der Waals surface area contributed by atoms with Gasteiger partial charge >= 0.3 is 5.97 Å². The summed E-state index contributed by atoms with van der Waals surface area (Å²) in [5, 5.41) is 8.25. The number of hydrogen-bond acceptors (Lipinski definition) is 2. The standard InChI is InChI=1S/C10H7FO3/c11-8-3-1-7(2-4-8)9(12)5-6-10(13)14/h1-6H,(H,13,14). The zero-order valence-corrected chi connectivity index (χ0v) is 7.11. The third-order valence-corrected chi connectivity index (χ3v) is 1.51. The number of benzene rings is 1. The molecular weight excluding hydrogens is 187 g/mol. The molecule has 0 radical (unpaired) electrons. The van der Waals surface area contributed by atoms with E-state index in [2.05, 4.69) is 0 Å². The molecule has 0 atom stereocenters. The molecule has 1 aromatic carbocycles. The molecule has 0 fully saturated rings. The highest BCUT2D eigenvalue weighted by molar-refractivity contribution is 6.06. The van der Waals surface area contributed by atoms with Crippen LogP contribution in [0.3, 0.4) is 0 Å². The highest BCUT2D eigenvalue weighted by Crippen LogP contribution is 2.04. The summed E-state index contributed by atoms with van der Waals surface area (Å²) in [6, 6.07) is 4.87. The molecule has 0 spiro atoms. The van der Waals surface area contributed by atoms with Crippen LogP contribution in [-0.2, 0) is 4.79 Å². The maximum atomic E-state index is 12.4. The smallest absolute Gasteiger partial charge is 0.328 e. The van der Waals surface area contributed by atoms with Gasteiger partial charge in [-0.05, 0) is 30.3 Å². The van der Waals surface area contributed by atoms with E-state index in [1.54, 1.807) is 0 Å². The Morgan fingerprint density at radius 3 is 2.21 bits per heavy atom. The molecule has 0 amide bonds. The Morgan fingerprint density at radius 1 is 1.14 bits per heavy atom. The summed E-state index contributed by atoms with van der Waals surface area (Å²) in [4.78, 5) is 21.3. The summed E-state index contributed by atoms with van der Waals surface area (Å²) in [5.41, 5.74) is 0.254. The number of halogens is 1. The lowest BCUT2D eigenvalue weighted by atomic mass is 10.1.